The number of allylic oxidation sites excluding steroid dienone is 1. The minimum Gasteiger partial charge on any atom is -0.465 e. The van der Waals surface area contributed by atoms with Gasteiger partial charge < -0.3 is 15.5 Å². The van der Waals surface area contributed by atoms with Gasteiger partial charge in [0.1, 0.15) is 0 Å². The van der Waals surface area contributed by atoms with E-state index in [1.165, 1.54) is 23.7 Å². The van der Waals surface area contributed by atoms with E-state index in [0.717, 1.165) is 39.3 Å². The molecule has 2 aromatic carbocycles. The summed E-state index contributed by atoms with van der Waals surface area (Å²) in [5.41, 5.74) is 5.80. The highest BCUT2D eigenvalue weighted by Crippen LogP contribution is 2.43. The second-order valence-electron chi connectivity index (χ2n) is 6.87. The van der Waals surface area contributed by atoms with Crippen LogP contribution >= 0.6 is 23.1 Å². The number of methoxy groups -OCH3 is 1. The molecule has 1 aliphatic rings. The Morgan fingerprint density at radius 1 is 1.20 bits per heavy atom. The second-order valence-corrected chi connectivity index (χ2v) is 8.67. The fraction of sp³-hybridized carbons (Fsp3) is 0.167. The first kappa shape index (κ1) is 20.4. The summed E-state index contributed by atoms with van der Waals surface area (Å²) in [6, 6.07) is 16.1. The number of esters is 1. The molecule has 0 unspecified atom stereocenters. The van der Waals surface area contributed by atoms with Crippen molar-refractivity contribution in [1.82, 2.24) is 0 Å². The van der Waals surface area contributed by atoms with Crippen molar-refractivity contribution in [3.05, 3.63) is 76.8 Å². The maximum Gasteiger partial charge on any atom is 0.339 e. The predicted molar refractivity (Wildman–Crippen MR) is 127 cm³/mol. The van der Waals surface area contributed by atoms with Crippen molar-refractivity contribution >= 4 is 46.0 Å². The molecule has 4 rings (SSSR count). The van der Waals surface area contributed by atoms with E-state index in [-0.39, 0.29) is 5.97 Å². The summed E-state index contributed by atoms with van der Waals surface area (Å²) in [7, 11) is 1.41. The molecule has 1 aromatic heterocycles. The van der Waals surface area contributed by atoms with Gasteiger partial charge in [0.15, 0.2) is 0 Å². The molecule has 3 aromatic rings. The lowest BCUT2D eigenvalue weighted by Gasteiger charge is -2.26. The van der Waals surface area contributed by atoms with E-state index in [2.05, 4.69) is 22.8 Å². The molecular weight excluding hydrogens is 412 g/mol. The zero-order chi connectivity index (χ0) is 21.1. The van der Waals surface area contributed by atoms with E-state index in [9.17, 15) is 4.79 Å². The highest BCUT2D eigenvalue weighted by molar-refractivity contribution is 7.98. The van der Waals surface area contributed by atoms with E-state index < -0.39 is 0 Å². The van der Waals surface area contributed by atoms with Crippen molar-refractivity contribution in [1.29, 1.82) is 5.41 Å². The third-order valence-electron chi connectivity index (χ3n) is 5.17. The first-order valence-corrected chi connectivity index (χ1v) is 11.7. The Bertz CT molecular complexity index is 1120. The molecule has 0 saturated carbocycles. The predicted octanol–water partition coefficient (Wildman–Crippen LogP) is 6.34. The lowest BCUT2D eigenvalue weighted by atomic mass is 9.80. The summed E-state index contributed by atoms with van der Waals surface area (Å²) >= 11 is 3.21. The average molecular weight is 435 g/mol. The molecule has 152 valence electrons. The molecule has 30 heavy (non-hydrogen) atoms. The lowest BCUT2D eigenvalue weighted by molar-refractivity contribution is 0.0596. The lowest BCUT2D eigenvalue weighted by Crippen LogP contribution is -2.19. The monoisotopic (exact) mass is 434 g/mol. The molecule has 0 atom stereocenters. The third kappa shape index (κ3) is 3.80. The molecule has 0 fully saturated rings. The number of hydrogen-bond donors (Lipinski definition) is 2. The smallest absolute Gasteiger partial charge is 0.339 e. The molecule has 2 N–H and O–H groups in total. The minimum absolute atomic E-state index is 0.367. The van der Waals surface area contributed by atoms with Crippen LogP contribution in [0.25, 0.3) is 16.0 Å². The molecule has 4 nitrogen and oxygen atoms in total. The summed E-state index contributed by atoms with van der Waals surface area (Å²) in [4.78, 5) is 14.9. The molecule has 0 saturated heterocycles. The largest absolute Gasteiger partial charge is 0.465 e. The number of thiophene rings is 1. The number of fused-ring (bicyclic) bond motifs is 1. The molecule has 0 aliphatic heterocycles. The first-order chi connectivity index (χ1) is 14.6. The van der Waals surface area contributed by atoms with Gasteiger partial charge in [-0.15, -0.1) is 23.1 Å². The number of hydrogen-bond acceptors (Lipinski definition) is 6. The Morgan fingerprint density at radius 2 is 2.00 bits per heavy atom. The zero-order valence-corrected chi connectivity index (χ0v) is 18.5. The van der Waals surface area contributed by atoms with Crippen LogP contribution in [-0.2, 0) is 11.2 Å². The number of benzene rings is 2. The number of nitrogens with one attached hydrogen (secondary N) is 2. The van der Waals surface area contributed by atoms with E-state index >= 15 is 0 Å². The van der Waals surface area contributed by atoms with Crippen LogP contribution in [0.5, 0.6) is 0 Å². The zero-order valence-electron chi connectivity index (χ0n) is 16.8. The number of thioether (sulfide) groups is 1. The van der Waals surface area contributed by atoms with Gasteiger partial charge in [0.2, 0.25) is 0 Å². The Kier molecular flexibility index (Phi) is 6.06. The fourth-order valence-corrected chi connectivity index (χ4v) is 5.15. The van der Waals surface area contributed by atoms with E-state index in [1.807, 2.05) is 48.9 Å². The van der Waals surface area contributed by atoms with Gasteiger partial charge in [-0.3, -0.25) is 0 Å². The van der Waals surface area contributed by atoms with Crippen molar-refractivity contribution in [2.45, 2.75) is 17.7 Å². The maximum atomic E-state index is 12.8. The molecule has 0 spiro atoms. The van der Waals surface area contributed by atoms with E-state index in [4.69, 9.17) is 10.1 Å². The van der Waals surface area contributed by atoms with Crippen molar-refractivity contribution in [2.75, 3.05) is 18.7 Å². The minimum atomic E-state index is -0.367. The van der Waals surface area contributed by atoms with Gasteiger partial charge in [-0.25, -0.2) is 4.79 Å². The molecule has 1 heterocycles. The number of rotatable bonds is 5. The quantitative estimate of drug-likeness (QED) is 0.363. The van der Waals surface area contributed by atoms with Crippen LogP contribution in [0.15, 0.2) is 65.0 Å². The highest BCUT2D eigenvalue weighted by Gasteiger charge is 2.30. The summed E-state index contributed by atoms with van der Waals surface area (Å²) in [6.07, 6.45) is 5.17. The normalized spacial score (nSPS) is 14.5. The topological polar surface area (TPSA) is 62.2 Å². The summed E-state index contributed by atoms with van der Waals surface area (Å²) < 4.78 is 5.15. The second kappa shape index (κ2) is 8.90. The van der Waals surface area contributed by atoms with Crippen molar-refractivity contribution in [3.8, 4) is 10.4 Å². The summed E-state index contributed by atoms with van der Waals surface area (Å²) in [6.45, 7) is 0. The van der Waals surface area contributed by atoms with Crippen LogP contribution in [0.4, 0.5) is 5.69 Å². The molecule has 0 bridgehead atoms. The van der Waals surface area contributed by atoms with E-state index in [0.29, 0.717) is 17.7 Å². The molecular formula is C24H22N2O2S2. The number of para-hydroxylation sites is 1. The summed E-state index contributed by atoms with van der Waals surface area (Å²) in [5.74, 6) is -0.367. The van der Waals surface area contributed by atoms with Crippen molar-refractivity contribution in [2.24, 2.45) is 0 Å². The Labute approximate surface area is 184 Å². The molecule has 1 aliphatic carbocycles. The van der Waals surface area contributed by atoms with Crippen molar-refractivity contribution < 1.29 is 9.53 Å². The van der Waals surface area contributed by atoms with Gasteiger partial charge >= 0.3 is 5.97 Å². The van der Waals surface area contributed by atoms with Crippen LogP contribution in [0, 0.1) is 5.41 Å². The first-order valence-electron chi connectivity index (χ1n) is 9.60. The average Bonchev–Trinajstić information content (AvgIpc) is 3.32. The number of carbonyl (C=O) groups is 1. The number of ether oxygens (including phenoxy) is 1. The summed E-state index contributed by atoms with van der Waals surface area (Å²) in [5, 5.41) is 14.0. The SMILES string of the molecule is COC(=O)c1c(SC)cc(-c2cccs2)c2c1/C(=C/Nc1ccccc1)C(=N)CC2. The van der Waals surface area contributed by atoms with E-state index in [1.54, 1.807) is 11.3 Å². The van der Waals surface area contributed by atoms with Crippen LogP contribution in [0.3, 0.4) is 0 Å². The van der Waals surface area contributed by atoms with Gasteiger partial charge in [0.25, 0.3) is 0 Å². The fourth-order valence-electron chi connectivity index (χ4n) is 3.76. The third-order valence-corrected chi connectivity index (χ3v) is 6.84. The molecule has 0 amide bonds. The van der Waals surface area contributed by atoms with Gasteiger partial charge in [-0.1, -0.05) is 24.3 Å². The number of anilines is 1. The van der Waals surface area contributed by atoms with Crippen molar-refractivity contribution in [3.63, 3.8) is 0 Å². The molecule has 0 radical (unpaired) electrons. The van der Waals surface area contributed by atoms with Crippen LogP contribution in [0.2, 0.25) is 0 Å². The maximum absolute atomic E-state index is 12.8. The number of carbonyl (C=O) groups excluding carboxylic acids is 1. The van der Waals surface area contributed by atoms with Crippen LogP contribution in [-0.4, -0.2) is 25.0 Å². The van der Waals surface area contributed by atoms with Gasteiger partial charge in [-0.2, -0.15) is 0 Å². The van der Waals surface area contributed by atoms with Gasteiger partial charge in [-0.05, 0) is 59.9 Å². The highest BCUT2D eigenvalue weighted by atomic mass is 32.2. The molecule has 6 heteroatoms. The Balaban J connectivity index is 1.96. The Morgan fingerprint density at radius 3 is 2.67 bits per heavy atom. The van der Waals surface area contributed by atoms with Crippen LogP contribution in [0.1, 0.15) is 27.9 Å². The van der Waals surface area contributed by atoms with Gasteiger partial charge in [0, 0.05) is 38.5 Å². The Hall–Kier alpha value is -2.83. The standard InChI is InChI=1S/C24H22N2O2S2/c1-28-24(27)23-21(29-2)13-17(20-9-6-12-30-20)16-10-11-19(25)18(22(16)23)14-26-15-7-4-3-5-8-15/h3-9,12-14,25-26H,10-11H2,1-2H3/b18-14+,25-19?. The van der Waals surface area contributed by atoms with Gasteiger partial charge in [0.05, 0.1) is 12.7 Å². The van der Waals surface area contributed by atoms with Crippen LogP contribution < -0.4 is 5.32 Å².